The summed E-state index contributed by atoms with van der Waals surface area (Å²) in [5.41, 5.74) is 6.13. The normalized spacial score (nSPS) is 10.5. The number of halogens is 1. The van der Waals surface area contributed by atoms with Crippen LogP contribution in [-0.4, -0.2) is 0 Å². The average molecular weight is 287 g/mol. The topological polar surface area (TPSA) is 56.2 Å². The molecule has 2 rings (SSSR count). The van der Waals surface area contributed by atoms with Crippen LogP contribution in [0.4, 0.5) is 5.69 Å². The fourth-order valence-corrected chi connectivity index (χ4v) is 1.61. The van der Waals surface area contributed by atoms with Crippen molar-refractivity contribution in [2.24, 2.45) is 0 Å². The van der Waals surface area contributed by atoms with Crippen molar-refractivity contribution in [2.45, 2.75) is 0 Å². The SMILES string of the molecule is Nc1c(I)oc2ccccc2c1=O. The molecule has 3 nitrogen and oxygen atoms in total. The van der Waals surface area contributed by atoms with Gasteiger partial charge in [-0.3, -0.25) is 4.79 Å². The monoisotopic (exact) mass is 287 g/mol. The number of anilines is 1. The summed E-state index contributed by atoms with van der Waals surface area (Å²) < 4.78 is 5.78. The van der Waals surface area contributed by atoms with Crippen molar-refractivity contribution in [3.05, 3.63) is 38.3 Å². The highest BCUT2D eigenvalue weighted by molar-refractivity contribution is 14.1. The molecule has 0 saturated heterocycles. The van der Waals surface area contributed by atoms with Crippen molar-refractivity contribution < 1.29 is 4.42 Å². The van der Waals surface area contributed by atoms with Crippen LogP contribution in [0.15, 0.2) is 33.5 Å². The lowest BCUT2D eigenvalue weighted by Gasteiger charge is -1.99. The zero-order valence-electron chi connectivity index (χ0n) is 6.58. The number of hydrogen-bond donors (Lipinski definition) is 1. The number of rotatable bonds is 0. The lowest BCUT2D eigenvalue weighted by atomic mass is 10.2. The van der Waals surface area contributed by atoms with Crippen LogP contribution in [0.25, 0.3) is 11.0 Å². The highest BCUT2D eigenvalue weighted by atomic mass is 127. The minimum atomic E-state index is -0.161. The molecule has 1 aromatic heterocycles. The summed E-state index contributed by atoms with van der Waals surface area (Å²) in [7, 11) is 0. The van der Waals surface area contributed by atoms with Crippen LogP contribution in [0.1, 0.15) is 0 Å². The fourth-order valence-electron chi connectivity index (χ4n) is 1.13. The summed E-state index contributed by atoms with van der Waals surface area (Å²) >= 11 is 1.91. The minimum Gasteiger partial charge on any atom is -0.448 e. The Bertz CT molecular complexity index is 518. The second kappa shape index (κ2) is 3.02. The first-order valence-corrected chi connectivity index (χ1v) is 4.75. The van der Waals surface area contributed by atoms with Crippen molar-refractivity contribution >= 4 is 39.2 Å². The number of para-hydroxylation sites is 1. The first-order valence-electron chi connectivity index (χ1n) is 3.67. The fraction of sp³-hybridized carbons (Fsp3) is 0. The van der Waals surface area contributed by atoms with Crippen LogP contribution >= 0.6 is 22.6 Å². The van der Waals surface area contributed by atoms with Crippen molar-refractivity contribution in [1.29, 1.82) is 0 Å². The Balaban J connectivity index is 3.03. The molecule has 0 fully saturated rings. The van der Waals surface area contributed by atoms with E-state index in [1.54, 1.807) is 18.2 Å². The van der Waals surface area contributed by atoms with E-state index in [4.69, 9.17) is 10.2 Å². The van der Waals surface area contributed by atoms with Gasteiger partial charge in [0, 0.05) is 22.6 Å². The van der Waals surface area contributed by atoms with Crippen LogP contribution in [0.3, 0.4) is 0 Å². The maximum absolute atomic E-state index is 11.6. The number of nitrogens with two attached hydrogens (primary N) is 1. The lowest BCUT2D eigenvalue weighted by Crippen LogP contribution is -2.09. The Hall–Kier alpha value is -1.04. The molecule has 1 heterocycles. The van der Waals surface area contributed by atoms with E-state index in [0.29, 0.717) is 14.7 Å². The Morgan fingerprint density at radius 1 is 1.31 bits per heavy atom. The molecule has 0 bridgehead atoms. The molecule has 0 unspecified atom stereocenters. The Morgan fingerprint density at radius 2 is 2.00 bits per heavy atom. The Morgan fingerprint density at radius 3 is 2.77 bits per heavy atom. The second-order valence-corrected chi connectivity index (χ2v) is 3.59. The van der Waals surface area contributed by atoms with E-state index < -0.39 is 0 Å². The molecule has 0 radical (unpaired) electrons. The van der Waals surface area contributed by atoms with Gasteiger partial charge in [-0.15, -0.1) is 0 Å². The van der Waals surface area contributed by atoms with Crippen LogP contribution in [0.5, 0.6) is 0 Å². The van der Waals surface area contributed by atoms with Gasteiger partial charge in [-0.05, 0) is 12.1 Å². The van der Waals surface area contributed by atoms with Gasteiger partial charge in [-0.25, -0.2) is 0 Å². The summed E-state index contributed by atoms with van der Waals surface area (Å²) in [5.74, 6) is 0. The number of fused-ring (bicyclic) bond motifs is 1. The van der Waals surface area contributed by atoms with E-state index in [2.05, 4.69) is 0 Å². The third-order valence-corrected chi connectivity index (χ3v) is 2.59. The highest BCUT2D eigenvalue weighted by Gasteiger charge is 2.07. The van der Waals surface area contributed by atoms with Crippen LogP contribution in [-0.2, 0) is 0 Å². The number of benzene rings is 1. The maximum atomic E-state index is 11.6. The molecular formula is C9H6INO2. The molecule has 4 heteroatoms. The molecule has 2 N–H and O–H groups in total. The van der Waals surface area contributed by atoms with Gasteiger partial charge in [0.15, 0.2) is 3.77 Å². The molecular weight excluding hydrogens is 281 g/mol. The van der Waals surface area contributed by atoms with Gasteiger partial charge >= 0.3 is 0 Å². The van der Waals surface area contributed by atoms with Crippen molar-refractivity contribution in [2.75, 3.05) is 5.73 Å². The first kappa shape index (κ1) is 8.55. The van der Waals surface area contributed by atoms with Gasteiger partial charge in [-0.2, -0.15) is 0 Å². The van der Waals surface area contributed by atoms with Gasteiger partial charge < -0.3 is 10.2 Å². The molecule has 0 saturated carbocycles. The van der Waals surface area contributed by atoms with E-state index in [-0.39, 0.29) is 11.1 Å². The first-order chi connectivity index (χ1) is 6.20. The maximum Gasteiger partial charge on any atom is 0.216 e. The molecule has 0 spiro atoms. The third-order valence-electron chi connectivity index (χ3n) is 1.79. The van der Waals surface area contributed by atoms with Gasteiger partial charge in [0.1, 0.15) is 11.3 Å². The van der Waals surface area contributed by atoms with E-state index in [0.717, 1.165) is 0 Å². The molecule has 0 aliphatic carbocycles. The molecule has 1 aromatic carbocycles. The molecule has 13 heavy (non-hydrogen) atoms. The lowest BCUT2D eigenvalue weighted by molar-refractivity contribution is 0.573. The largest absolute Gasteiger partial charge is 0.448 e. The molecule has 0 aliphatic rings. The Labute approximate surface area is 87.7 Å². The number of hydrogen-bond acceptors (Lipinski definition) is 3. The van der Waals surface area contributed by atoms with E-state index in [9.17, 15) is 4.79 Å². The smallest absolute Gasteiger partial charge is 0.216 e. The Kier molecular flexibility index (Phi) is 1.99. The number of nitrogen functional groups attached to an aromatic ring is 1. The molecule has 0 atom stereocenters. The molecule has 2 aromatic rings. The van der Waals surface area contributed by atoms with Crippen molar-refractivity contribution in [3.63, 3.8) is 0 Å². The highest BCUT2D eigenvalue weighted by Crippen LogP contribution is 2.17. The quantitative estimate of drug-likeness (QED) is 0.754. The van der Waals surface area contributed by atoms with Crippen molar-refractivity contribution in [1.82, 2.24) is 0 Å². The van der Waals surface area contributed by atoms with Crippen LogP contribution in [0.2, 0.25) is 0 Å². The molecule has 0 amide bonds. The van der Waals surface area contributed by atoms with Gasteiger partial charge in [0.2, 0.25) is 5.43 Å². The zero-order valence-corrected chi connectivity index (χ0v) is 8.74. The average Bonchev–Trinajstić information content (AvgIpc) is 2.15. The summed E-state index contributed by atoms with van der Waals surface area (Å²) in [4.78, 5) is 11.6. The second-order valence-electron chi connectivity index (χ2n) is 2.61. The molecule has 66 valence electrons. The van der Waals surface area contributed by atoms with Gasteiger partial charge in [0.25, 0.3) is 0 Å². The predicted octanol–water partition coefficient (Wildman–Crippen LogP) is 1.98. The summed E-state index contributed by atoms with van der Waals surface area (Å²) in [6.45, 7) is 0. The van der Waals surface area contributed by atoms with E-state index >= 15 is 0 Å². The minimum absolute atomic E-state index is 0.161. The van der Waals surface area contributed by atoms with Gasteiger partial charge in [-0.1, -0.05) is 12.1 Å². The van der Waals surface area contributed by atoms with Gasteiger partial charge in [0.05, 0.1) is 5.39 Å². The van der Waals surface area contributed by atoms with Crippen LogP contribution < -0.4 is 11.2 Å². The zero-order chi connectivity index (χ0) is 9.42. The third kappa shape index (κ3) is 1.31. The predicted molar refractivity (Wildman–Crippen MR) is 59.6 cm³/mol. The van der Waals surface area contributed by atoms with Crippen LogP contribution in [0, 0.1) is 3.77 Å². The van der Waals surface area contributed by atoms with E-state index in [1.165, 1.54) is 0 Å². The molecule has 0 aliphatic heterocycles. The van der Waals surface area contributed by atoms with Crippen molar-refractivity contribution in [3.8, 4) is 0 Å². The summed E-state index contributed by atoms with van der Waals surface area (Å²) in [6, 6.07) is 7.05. The summed E-state index contributed by atoms with van der Waals surface area (Å²) in [5, 5.41) is 0.528. The standard InChI is InChI=1S/C9H6INO2/c10-9-7(11)8(12)5-3-1-2-4-6(5)13-9/h1-4H,11H2. The summed E-state index contributed by atoms with van der Waals surface area (Å²) in [6.07, 6.45) is 0. The van der Waals surface area contributed by atoms with E-state index in [1.807, 2.05) is 28.7 Å².